The molecule has 0 saturated carbocycles. The SMILES string of the molecule is CCCC[C@@H](NC(=O)c1ccc(Cl)cc1)C(=O)[O-]. The molecule has 0 saturated heterocycles. The van der Waals surface area contributed by atoms with Crippen molar-refractivity contribution in [2.75, 3.05) is 0 Å². The van der Waals surface area contributed by atoms with Gasteiger partial charge in [-0.05, 0) is 30.7 Å². The Morgan fingerprint density at radius 2 is 1.94 bits per heavy atom. The van der Waals surface area contributed by atoms with E-state index in [1.807, 2.05) is 6.92 Å². The van der Waals surface area contributed by atoms with Gasteiger partial charge in [0.15, 0.2) is 0 Å². The fraction of sp³-hybridized carbons (Fsp3) is 0.385. The summed E-state index contributed by atoms with van der Waals surface area (Å²) in [6, 6.07) is 5.30. The van der Waals surface area contributed by atoms with Gasteiger partial charge in [0.25, 0.3) is 5.91 Å². The molecule has 0 bridgehead atoms. The van der Waals surface area contributed by atoms with Gasteiger partial charge in [0.05, 0.1) is 12.0 Å². The van der Waals surface area contributed by atoms with Crippen molar-refractivity contribution < 1.29 is 14.7 Å². The number of nitrogens with one attached hydrogen (secondary N) is 1. The van der Waals surface area contributed by atoms with Crippen LogP contribution in [0.25, 0.3) is 0 Å². The topological polar surface area (TPSA) is 69.2 Å². The van der Waals surface area contributed by atoms with Crippen molar-refractivity contribution in [1.29, 1.82) is 0 Å². The number of rotatable bonds is 6. The van der Waals surface area contributed by atoms with E-state index < -0.39 is 17.9 Å². The summed E-state index contributed by atoms with van der Waals surface area (Å²) in [5, 5.41) is 13.8. The first kappa shape index (κ1) is 14.5. The molecule has 0 unspecified atom stereocenters. The van der Waals surface area contributed by atoms with Crippen LogP contribution in [-0.2, 0) is 4.79 Å². The smallest absolute Gasteiger partial charge is 0.251 e. The Morgan fingerprint density at radius 1 is 1.33 bits per heavy atom. The highest BCUT2D eigenvalue weighted by Gasteiger charge is 2.14. The molecular weight excluding hydrogens is 254 g/mol. The minimum atomic E-state index is -1.26. The third-order valence-electron chi connectivity index (χ3n) is 2.54. The number of unbranched alkanes of at least 4 members (excludes halogenated alkanes) is 1. The molecule has 0 aromatic heterocycles. The lowest BCUT2D eigenvalue weighted by atomic mass is 10.1. The number of carbonyl (C=O) groups is 2. The lowest BCUT2D eigenvalue weighted by Crippen LogP contribution is -2.47. The van der Waals surface area contributed by atoms with E-state index in [0.717, 1.165) is 12.8 Å². The van der Waals surface area contributed by atoms with E-state index in [-0.39, 0.29) is 0 Å². The van der Waals surface area contributed by atoms with Crippen LogP contribution < -0.4 is 10.4 Å². The molecule has 0 aliphatic carbocycles. The van der Waals surface area contributed by atoms with Crippen molar-refractivity contribution in [3.05, 3.63) is 34.9 Å². The first-order valence-corrected chi connectivity index (χ1v) is 6.19. The Kier molecular flexibility index (Phi) is 5.65. The Morgan fingerprint density at radius 3 is 2.44 bits per heavy atom. The van der Waals surface area contributed by atoms with E-state index in [4.69, 9.17) is 11.6 Å². The van der Waals surface area contributed by atoms with Gasteiger partial charge in [-0.25, -0.2) is 0 Å². The van der Waals surface area contributed by atoms with E-state index in [9.17, 15) is 14.7 Å². The third-order valence-corrected chi connectivity index (χ3v) is 2.79. The van der Waals surface area contributed by atoms with Crippen molar-refractivity contribution in [2.45, 2.75) is 32.2 Å². The van der Waals surface area contributed by atoms with Crippen LogP contribution in [-0.4, -0.2) is 17.9 Å². The average Bonchev–Trinajstić information content (AvgIpc) is 2.34. The van der Waals surface area contributed by atoms with Crippen molar-refractivity contribution >= 4 is 23.5 Å². The van der Waals surface area contributed by atoms with Gasteiger partial charge in [-0.15, -0.1) is 0 Å². The maximum absolute atomic E-state index is 11.8. The molecule has 1 atom stereocenters. The number of hydrogen-bond acceptors (Lipinski definition) is 3. The Labute approximate surface area is 111 Å². The monoisotopic (exact) mass is 268 g/mol. The van der Waals surface area contributed by atoms with Gasteiger partial charge in [-0.3, -0.25) is 4.79 Å². The summed E-state index contributed by atoms with van der Waals surface area (Å²) in [6.07, 6.45) is 1.96. The van der Waals surface area contributed by atoms with Crippen LogP contribution in [0.3, 0.4) is 0 Å². The first-order chi connectivity index (χ1) is 8.54. The normalized spacial score (nSPS) is 11.9. The summed E-state index contributed by atoms with van der Waals surface area (Å²) in [4.78, 5) is 22.7. The third kappa shape index (κ3) is 4.37. The number of hydrogen-bond donors (Lipinski definition) is 1. The molecule has 1 aromatic rings. The summed E-state index contributed by atoms with van der Waals surface area (Å²) in [7, 11) is 0. The van der Waals surface area contributed by atoms with Crippen LogP contribution in [0, 0.1) is 0 Å². The summed E-state index contributed by atoms with van der Waals surface area (Å²) >= 11 is 5.71. The molecule has 98 valence electrons. The van der Waals surface area contributed by atoms with Crippen LogP contribution in [0.5, 0.6) is 0 Å². The van der Waals surface area contributed by atoms with Crippen LogP contribution in [0.2, 0.25) is 5.02 Å². The molecule has 1 aromatic carbocycles. The van der Waals surface area contributed by atoms with Crippen LogP contribution in [0.4, 0.5) is 0 Å². The van der Waals surface area contributed by atoms with Crippen LogP contribution >= 0.6 is 11.6 Å². The van der Waals surface area contributed by atoms with Crippen molar-refractivity contribution in [2.24, 2.45) is 0 Å². The Bertz CT molecular complexity index is 417. The number of carboxylic acids is 1. The number of halogens is 1. The summed E-state index contributed by atoms with van der Waals surface area (Å²) < 4.78 is 0. The van der Waals surface area contributed by atoms with Gasteiger partial charge in [0, 0.05) is 10.6 Å². The fourth-order valence-electron chi connectivity index (χ4n) is 1.50. The fourth-order valence-corrected chi connectivity index (χ4v) is 1.63. The van der Waals surface area contributed by atoms with E-state index >= 15 is 0 Å². The molecular formula is C13H15ClNO3-. The molecule has 4 nitrogen and oxygen atoms in total. The van der Waals surface area contributed by atoms with Crippen molar-refractivity contribution in [3.8, 4) is 0 Å². The molecule has 1 rings (SSSR count). The minimum absolute atomic E-state index is 0.373. The maximum Gasteiger partial charge on any atom is 0.251 e. The van der Waals surface area contributed by atoms with Gasteiger partial charge in [-0.2, -0.15) is 0 Å². The Hall–Kier alpha value is -1.55. The van der Waals surface area contributed by atoms with E-state index in [1.165, 1.54) is 0 Å². The van der Waals surface area contributed by atoms with Crippen molar-refractivity contribution in [1.82, 2.24) is 5.32 Å². The molecule has 0 aliphatic rings. The molecule has 1 N–H and O–H groups in total. The highest BCUT2D eigenvalue weighted by molar-refractivity contribution is 6.30. The number of aliphatic carboxylic acids is 1. The first-order valence-electron chi connectivity index (χ1n) is 5.82. The zero-order chi connectivity index (χ0) is 13.5. The number of carboxylic acid groups (broad SMARTS) is 1. The summed E-state index contributed by atoms with van der Waals surface area (Å²) in [6.45, 7) is 1.95. The molecule has 1 amide bonds. The lowest BCUT2D eigenvalue weighted by molar-refractivity contribution is -0.308. The predicted molar refractivity (Wildman–Crippen MR) is 67.2 cm³/mol. The van der Waals surface area contributed by atoms with E-state index in [1.54, 1.807) is 24.3 Å². The molecule has 0 radical (unpaired) electrons. The highest BCUT2D eigenvalue weighted by Crippen LogP contribution is 2.10. The predicted octanol–water partition coefficient (Wildman–Crippen LogP) is 1.38. The zero-order valence-electron chi connectivity index (χ0n) is 10.1. The van der Waals surface area contributed by atoms with Gasteiger partial charge in [-0.1, -0.05) is 31.4 Å². The van der Waals surface area contributed by atoms with E-state index in [2.05, 4.69) is 5.32 Å². The van der Waals surface area contributed by atoms with Crippen molar-refractivity contribution in [3.63, 3.8) is 0 Å². The highest BCUT2D eigenvalue weighted by atomic mass is 35.5. The Balaban J connectivity index is 2.66. The standard InChI is InChI=1S/C13H16ClNO3/c1-2-3-4-11(13(17)18)15-12(16)9-5-7-10(14)8-6-9/h5-8,11H,2-4H2,1H3,(H,15,16)(H,17,18)/p-1/t11-/m1/s1. The minimum Gasteiger partial charge on any atom is -0.548 e. The van der Waals surface area contributed by atoms with E-state index in [0.29, 0.717) is 17.0 Å². The molecule has 0 aliphatic heterocycles. The maximum atomic E-state index is 11.8. The molecule has 18 heavy (non-hydrogen) atoms. The second-order valence-corrected chi connectivity index (χ2v) is 4.43. The molecule has 0 spiro atoms. The number of benzene rings is 1. The quantitative estimate of drug-likeness (QED) is 0.847. The lowest BCUT2D eigenvalue weighted by Gasteiger charge is -2.19. The second kappa shape index (κ2) is 7.01. The molecule has 0 heterocycles. The number of amides is 1. The van der Waals surface area contributed by atoms with Gasteiger partial charge in [0.2, 0.25) is 0 Å². The molecule has 5 heteroatoms. The zero-order valence-corrected chi connectivity index (χ0v) is 10.9. The van der Waals surface area contributed by atoms with Gasteiger partial charge < -0.3 is 15.2 Å². The van der Waals surface area contributed by atoms with Crippen LogP contribution in [0.1, 0.15) is 36.5 Å². The largest absolute Gasteiger partial charge is 0.548 e. The summed E-state index contributed by atoms with van der Waals surface area (Å²) in [5.41, 5.74) is 0.377. The number of carbonyl (C=O) groups excluding carboxylic acids is 2. The van der Waals surface area contributed by atoms with Crippen LogP contribution in [0.15, 0.2) is 24.3 Å². The van der Waals surface area contributed by atoms with Gasteiger partial charge in [0.1, 0.15) is 0 Å². The average molecular weight is 269 g/mol. The van der Waals surface area contributed by atoms with Gasteiger partial charge >= 0.3 is 0 Å². The molecule has 0 fully saturated rings. The second-order valence-electron chi connectivity index (χ2n) is 3.99. The summed E-state index contributed by atoms with van der Waals surface area (Å²) in [5.74, 6) is -1.69.